The van der Waals surface area contributed by atoms with Gasteiger partial charge in [-0.25, -0.2) is 9.59 Å². The van der Waals surface area contributed by atoms with Crippen molar-refractivity contribution in [2.24, 2.45) is 0 Å². The van der Waals surface area contributed by atoms with Crippen LogP contribution >= 0.6 is 0 Å². The third-order valence-corrected chi connectivity index (χ3v) is 4.27. The standard InChI is InChI=1S/C20H18N2O6/c1-27-19(25)15(22-20(26)28-11-12-5-3-2-4-6-12)9-13-10-21-17-14(13)7-8-16(23)18(17)24/h2-8,10,15,21H,9,11H2,1H3,(H,22,26)/t15-/m0/s1. The zero-order valence-electron chi connectivity index (χ0n) is 15.1. The maximum absolute atomic E-state index is 12.1. The molecule has 0 aliphatic heterocycles. The van der Waals surface area contributed by atoms with Crippen LogP contribution in [0.1, 0.15) is 27.2 Å². The Morgan fingerprint density at radius 1 is 1.14 bits per heavy atom. The van der Waals surface area contributed by atoms with Gasteiger partial charge < -0.3 is 19.8 Å². The molecule has 3 rings (SSSR count). The SMILES string of the molecule is COC(=O)[C@H](Cc1c[nH]c2c1C=CC(=O)C2=O)NC(=O)OCc1ccccc1. The number of hydrogen-bond acceptors (Lipinski definition) is 6. The second-order valence-corrected chi connectivity index (χ2v) is 6.12. The molecule has 1 aromatic carbocycles. The normalized spacial score (nSPS) is 13.6. The molecule has 0 spiro atoms. The van der Waals surface area contributed by atoms with E-state index in [4.69, 9.17) is 9.47 Å². The van der Waals surface area contributed by atoms with E-state index in [1.54, 1.807) is 0 Å². The van der Waals surface area contributed by atoms with Gasteiger partial charge >= 0.3 is 12.1 Å². The van der Waals surface area contributed by atoms with Crippen molar-refractivity contribution in [1.82, 2.24) is 10.3 Å². The monoisotopic (exact) mass is 382 g/mol. The highest BCUT2D eigenvalue weighted by molar-refractivity contribution is 6.49. The predicted octanol–water partition coefficient (Wildman–Crippen LogP) is 1.80. The molecule has 0 fully saturated rings. The van der Waals surface area contributed by atoms with Crippen LogP contribution < -0.4 is 5.32 Å². The van der Waals surface area contributed by atoms with Gasteiger partial charge in [0.2, 0.25) is 11.6 Å². The molecule has 144 valence electrons. The minimum Gasteiger partial charge on any atom is -0.467 e. The molecular formula is C20H18N2O6. The molecule has 0 unspecified atom stereocenters. The molecule has 0 saturated carbocycles. The van der Waals surface area contributed by atoms with Gasteiger partial charge in [0.25, 0.3) is 0 Å². The number of allylic oxidation sites excluding steroid dienone is 1. The maximum Gasteiger partial charge on any atom is 0.408 e. The number of ether oxygens (including phenoxy) is 2. The Kier molecular flexibility index (Phi) is 5.69. The van der Waals surface area contributed by atoms with Crippen LogP contribution in [-0.2, 0) is 32.1 Å². The Morgan fingerprint density at radius 2 is 1.89 bits per heavy atom. The first-order chi connectivity index (χ1) is 13.5. The van der Waals surface area contributed by atoms with Crippen molar-refractivity contribution in [3.8, 4) is 0 Å². The van der Waals surface area contributed by atoms with Gasteiger partial charge in [-0.2, -0.15) is 0 Å². The summed E-state index contributed by atoms with van der Waals surface area (Å²) >= 11 is 0. The highest BCUT2D eigenvalue weighted by Gasteiger charge is 2.28. The topological polar surface area (TPSA) is 115 Å². The van der Waals surface area contributed by atoms with Gasteiger partial charge in [0, 0.05) is 18.2 Å². The Morgan fingerprint density at radius 3 is 2.61 bits per heavy atom. The molecule has 0 bridgehead atoms. The van der Waals surface area contributed by atoms with Crippen LogP contribution in [0.25, 0.3) is 6.08 Å². The summed E-state index contributed by atoms with van der Waals surface area (Å²) in [6.07, 6.45) is 3.50. The number of rotatable bonds is 6. The third-order valence-electron chi connectivity index (χ3n) is 4.27. The second-order valence-electron chi connectivity index (χ2n) is 6.12. The molecular weight excluding hydrogens is 364 g/mol. The zero-order valence-corrected chi connectivity index (χ0v) is 15.1. The van der Waals surface area contributed by atoms with E-state index in [1.807, 2.05) is 30.3 Å². The van der Waals surface area contributed by atoms with Gasteiger partial charge in [0.15, 0.2) is 0 Å². The fraction of sp³-hybridized carbons (Fsp3) is 0.200. The number of carbonyl (C=O) groups is 4. The summed E-state index contributed by atoms with van der Waals surface area (Å²) in [7, 11) is 1.21. The largest absolute Gasteiger partial charge is 0.467 e. The van der Waals surface area contributed by atoms with Crippen LogP contribution in [0.5, 0.6) is 0 Å². The van der Waals surface area contributed by atoms with Crippen molar-refractivity contribution >= 4 is 29.7 Å². The van der Waals surface area contributed by atoms with Crippen LogP contribution in [0, 0.1) is 0 Å². The molecule has 0 radical (unpaired) electrons. The van der Waals surface area contributed by atoms with Gasteiger partial charge in [0.1, 0.15) is 12.6 Å². The number of Topliss-reactive ketones (excluding diaryl/α,β-unsaturated/α-hetero) is 1. The van der Waals surface area contributed by atoms with E-state index in [1.165, 1.54) is 25.5 Å². The molecule has 1 atom stereocenters. The van der Waals surface area contributed by atoms with E-state index in [0.29, 0.717) is 11.1 Å². The Balaban J connectivity index is 1.69. The lowest BCUT2D eigenvalue weighted by Crippen LogP contribution is -2.43. The lowest BCUT2D eigenvalue weighted by molar-refractivity contribution is -0.143. The number of ketones is 2. The van der Waals surface area contributed by atoms with E-state index in [-0.39, 0.29) is 18.7 Å². The highest BCUT2D eigenvalue weighted by Crippen LogP contribution is 2.22. The van der Waals surface area contributed by atoms with Crippen molar-refractivity contribution in [2.45, 2.75) is 19.1 Å². The van der Waals surface area contributed by atoms with Gasteiger partial charge in [-0.15, -0.1) is 0 Å². The number of hydrogen-bond donors (Lipinski definition) is 2. The Bertz CT molecular complexity index is 945. The van der Waals surface area contributed by atoms with Crippen molar-refractivity contribution in [3.05, 3.63) is 65.0 Å². The van der Waals surface area contributed by atoms with E-state index in [0.717, 1.165) is 5.56 Å². The summed E-state index contributed by atoms with van der Waals surface area (Å²) in [5, 5.41) is 2.48. The number of amides is 1. The quantitative estimate of drug-likeness (QED) is 0.582. The van der Waals surface area contributed by atoms with Gasteiger partial charge in [-0.3, -0.25) is 9.59 Å². The first-order valence-corrected chi connectivity index (χ1v) is 8.51. The van der Waals surface area contributed by atoms with Crippen molar-refractivity contribution in [3.63, 3.8) is 0 Å². The number of fused-ring (bicyclic) bond motifs is 1. The average molecular weight is 382 g/mol. The van der Waals surface area contributed by atoms with E-state index >= 15 is 0 Å². The summed E-state index contributed by atoms with van der Waals surface area (Å²) in [4.78, 5) is 50.3. The number of carbonyl (C=O) groups excluding carboxylic acids is 4. The number of H-pyrrole nitrogens is 1. The minimum atomic E-state index is -1.02. The smallest absolute Gasteiger partial charge is 0.408 e. The van der Waals surface area contributed by atoms with Crippen LogP contribution in [0.3, 0.4) is 0 Å². The zero-order chi connectivity index (χ0) is 20.1. The summed E-state index contributed by atoms with van der Waals surface area (Å²) < 4.78 is 9.89. The van der Waals surface area contributed by atoms with Crippen LogP contribution in [0.15, 0.2) is 42.6 Å². The average Bonchev–Trinajstić information content (AvgIpc) is 3.12. The van der Waals surface area contributed by atoms with E-state index in [9.17, 15) is 19.2 Å². The van der Waals surface area contributed by atoms with Crippen molar-refractivity contribution in [1.29, 1.82) is 0 Å². The van der Waals surface area contributed by atoms with Crippen LogP contribution in [0.4, 0.5) is 4.79 Å². The molecule has 2 N–H and O–H groups in total. The lowest BCUT2D eigenvalue weighted by Gasteiger charge is -2.17. The van der Waals surface area contributed by atoms with Crippen molar-refractivity contribution in [2.75, 3.05) is 7.11 Å². The number of benzene rings is 1. The van der Waals surface area contributed by atoms with Crippen LogP contribution in [0.2, 0.25) is 0 Å². The molecule has 28 heavy (non-hydrogen) atoms. The maximum atomic E-state index is 12.1. The summed E-state index contributed by atoms with van der Waals surface area (Å²) in [5.41, 5.74) is 2.07. The number of nitrogens with one attached hydrogen (secondary N) is 2. The van der Waals surface area contributed by atoms with Gasteiger partial charge in [0.05, 0.1) is 12.8 Å². The first kappa shape index (κ1) is 19.1. The number of methoxy groups -OCH3 is 1. The molecule has 1 aromatic heterocycles. The number of aromatic nitrogens is 1. The third kappa shape index (κ3) is 4.17. The fourth-order valence-electron chi connectivity index (χ4n) is 2.84. The summed E-state index contributed by atoms with van der Waals surface area (Å²) in [6.45, 7) is 0.0550. The molecule has 0 saturated heterocycles. The highest BCUT2D eigenvalue weighted by atomic mass is 16.6. The first-order valence-electron chi connectivity index (χ1n) is 8.51. The van der Waals surface area contributed by atoms with Crippen molar-refractivity contribution < 1.29 is 28.7 Å². The van der Waals surface area contributed by atoms with E-state index < -0.39 is 29.7 Å². The minimum absolute atomic E-state index is 0.0550. The van der Waals surface area contributed by atoms with Crippen LogP contribution in [-0.4, -0.2) is 41.8 Å². The fourth-order valence-corrected chi connectivity index (χ4v) is 2.84. The van der Waals surface area contributed by atoms with E-state index in [2.05, 4.69) is 10.3 Å². The predicted molar refractivity (Wildman–Crippen MR) is 98.4 cm³/mol. The molecule has 1 heterocycles. The molecule has 1 aliphatic rings. The number of alkyl carbamates (subject to hydrolysis) is 1. The lowest BCUT2D eigenvalue weighted by atomic mass is 9.96. The van der Waals surface area contributed by atoms with Gasteiger partial charge in [-0.05, 0) is 23.3 Å². The molecule has 2 aromatic rings. The Labute approximate surface area is 160 Å². The molecule has 1 aliphatic carbocycles. The molecule has 8 heteroatoms. The molecule has 8 nitrogen and oxygen atoms in total. The second kappa shape index (κ2) is 8.34. The Hall–Kier alpha value is -3.68. The summed E-state index contributed by atoms with van der Waals surface area (Å²) in [6, 6.07) is 8.09. The number of aromatic amines is 1. The summed E-state index contributed by atoms with van der Waals surface area (Å²) in [5.74, 6) is -1.92. The van der Waals surface area contributed by atoms with Gasteiger partial charge in [-0.1, -0.05) is 30.3 Å². The number of esters is 1. The molecule has 1 amide bonds.